The van der Waals surface area contributed by atoms with Crippen molar-refractivity contribution in [2.45, 2.75) is 60.0 Å². The van der Waals surface area contributed by atoms with Crippen LogP contribution in [-0.2, 0) is 24.5 Å². The molecule has 2 aromatic carbocycles. The number of alkyl carbamates (subject to hydrolysis) is 1. The maximum Gasteiger partial charge on any atom is 0.407 e. The molecular weight excluding hydrogens is 444 g/mol. The summed E-state index contributed by atoms with van der Waals surface area (Å²) in [6.07, 6.45) is -0.505. The third-order valence-electron chi connectivity index (χ3n) is 5.66. The van der Waals surface area contributed by atoms with Gasteiger partial charge in [0.2, 0.25) is 11.8 Å². The molecule has 0 aliphatic rings. The Morgan fingerprint density at radius 1 is 0.943 bits per heavy atom. The Morgan fingerprint density at radius 3 is 2.17 bits per heavy atom. The number of hydrogen-bond donors (Lipinski definition) is 2. The first-order valence-corrected chi connectivity index (χ1v) is 11.5. The van der Waals surface area contributed by atoms with Crippen LogP contribution >= 0.6 is 0 Å². The second-order valence-corrected chi connectivity index (χ2v) is 9.30. The number of carbonyl (C=O) groups is 1. The fraction of sp³-hybridized carbons (Fsp3) is 0.357. The molecule has 1 aromatic heterocycles. The molecule has 0 radical (unpaired) electrons. The van der Waals surface area contributed by atoms with Crippen LogP contribution in [0, 0.1) is 13.8 Å². The molecule has 0 fully saturated rings. The molecule has 3 rings (SSSR count). The van der Waals surface area contributed by atoms with E-state index < -0.39 is 11.7 Å². The van der Waals surface area contributed by atoms with Crippen LogP contribution in [0.15, 0.2) is 48.5 Å². The maximum atomic E-state index is 11.9. The smallest absolute Gasteiger partial charge is 0.407 e. The van der Waals surface area contributed by atoms with Crippen molar-refractivity contribution in [3.63, 3.8) is 0 Å². The van der Waals surface area contributed by atoms with E-state index in [0.29, 0.717) is 23.9 Å². The predicted molar refractivity (Wildman–Crippen MR) is 135 cm³/mol. The number of aromatic nitrogens is 1. The standard InChI is InChI=1S/C28H34N2O5/c1-18-21(16-31)9-7-11-23(18)24-12-8-10-22(19(24)2)17-34-25-14-13-20(26(30-25)33-6)15-29-27(32)35-28(3,4)5/h7-14,31H,15-17H2,1-6H3,(H,29,32). The lowest BCUT2D eigenvalue weighted by Crippen LogP contribution is -2.32. The molecule has 3 aromatic rings. The SMILES string of the molecule is COc1nc(OCc2cccc(-c3cccc(CO)c3C)c2C)ccc1CNC(=O)OC(C)(C)C. The minimum absolute atomic E-state index is 0.0122. The summed E-state index contributed by atoms with van der Waals surface area (Å²) in [5.74, 6) is 0.798. The summed E-state index contributed by atoms with van der Waals surface area (Å²) in [5.41, 5.74) is 6.47. The number of methoxy groups -OCH3 is 1. The van der Waals surface area contributed by atoms with Crippen LogP contribution in [0.3, 0.4) is 0 Å². The number of rotatable bonds is 8. The molecule has 0 atom stereocenters. The van der Waals surface area contributed by atoms with Crippen molar-refractivity contribution in [3.8, 4) is 22.9 Å². The van der Waals surface area contributed by atoms with Gasteiger partial charge in [-0.3, -0.25) is 0 Å². The molecule has 0 saturated carbocycles. The van der Waals surface area contributed by atoms with E-state index >= 15 is 0 Å². The quantitative estimate of drug-likeness (QED) is 0.446. The zero-order valence-electron chi connectivity index (χ0n) is 21.3. The van der Waals surface area contributed by atoms with E-state index in [1.807, 2.05) is 58.0 Å². The van der Waals surface area contributed by atoms with E-state index in [0.717, 1.165) is 33.4 Å². The van der Waals surface area contributed by atoms with Crippen molar-refractivity contribution in [1.29, 1.82) is 0 Å². The van der Waals surface area contributed by atoms with Crippen molar-refractivity contribution >= 4 is 6.09 Å². The number of benzene rings is 2. The highest BCUT2D eigenvalue weighted by Crippen LogP contribution is 2.31. The molecule has 2 N–H and O–H groups in total. The molecule has 0 aliphatic heterocycles. The van der Waals surface area contributed by atoms with Crippen LogP contribution in [0.4, 0.5) is 4.79 Å². The average molecular weight is 479 g/mol. The summed E-state index contributed by atoms with van der Waals surface area (Å²) in [4.78, 5) is 16.4. The molecule has 0 saturated heterocycles. The second-order valence-electron chi connectivity index (χ2n) is 9.30. The van der Waals surface area contributed by atoms with Gasteiger partial charge in [-0.05, 0) is 74.1 Å². The minimum atomic E-state index is -0.570. The van der Waals surface area contributed by atoms with E-state index in [1.54, 1.807) is 6.07 Å². The molecule has 7 heteroatoms. The number of aliphatic hydroxyl groups is 1. The van der Waals surface area contributed by atoms with Gasteiger partial charge in [0.1, 0.15) is 12.2 Å². The topological polar surface area (TPSA) is 89.9 Å². The minimum Gasteiger partial charge on any atom is -0.481 e. The monoisotopic (exact) mass is 478 g/mol. The fourth-order valence-corrected chi connectivity index (χ4v) is 3.76. The first-order valence-electron chi connectivity index (χ1n) is 11.5. The average Bonchev–Trinajstić information content (AvgIpc) is 2.81. The molecule has 0 bridgehead atoms. The molecule has 0 spiro atoms. The number of hydrogen-bond acceptors (Lipinski definition) is 6. The first-order chi connectivity index (χ1) is 16.6. The Bertz CT molecular complexity index is 1180. The number of nitrogens with zero attached hydrogens (tertiary/aromatic N) is 1. The summed E-state index contributed by atoms with van der Waals surface area (Å²) in [6, 6.07) is 15.6. The van der Waals surface area contributed by atoms with Gasteiger partial charge in [-0.2, -0.15) is 4.98 Å². The molecule has 0 unspecified atom stereocenters. The summed E-state index contributed by atoms with van der Waals surface area (Å²) < 4.78 is 16.7. The fourth-order valence-electron chi connectivity index (χ4n) is 3.76. The molecule has 0 aliphatic carbocycles. The third kappa shape index (κ3) is 6.73. The van der Waals surface area contributed by atoms with Gasteiger partial charge < -0.3 is 24.6 Å². The van der Waals surface area contributed by atoms with Crippen LogP contribution in [-0.4, -0.2) is 28.9 Å². The Kier molecular flexibility index (Phi) is 8.35. The number of ether oxygens (including phenoxy) is 3. The van der Waals surface area contributed by atoms with Gasteiger partial charge in [-0.25, -0.2) is 4.79 Å². The lowest BCUT2D eigenvalue weighted by atomic mass is 9.92. The molecular formula is C28H34N2O5. The Balaban J connectivity index is 1.72. The van der Waals surface area contributed by atoms with E-state index in [9.17, 15) is 9.90 Å². The molecule has 7 nitrogen and oxygen atoms in total. The van der Waals surface area contributed by atoms with Gasteiger partial charge in [0.25, 0.3) is 0 Å². The summed E-state index contributed by atoms with van der Waals surface area (Å²) >= 11 is 0. The predicted octanol–water partition coefficient (Wildman–Crippen LogP) is 5.47. The Morgan fingerprint density at radius 2 is 1.57 bits per heavy atom. The summed E-state index contributed by atoms with van der Waals surface area (Å²) in [7, 11) is 1.53. The summed E-state index contributed by atoms with van der Waals surface area (Å²) in [6.45, 7) is 10.1. The van der Waals surface area contributed by atoms with E-state index in [-0.39, 0.29) is 13.2 Å². The number of pyridine rings is 1. The highest BCUT2D eigenvalue weighted by molar-refractivity contribution is 5.72. The van der Waals surface area contributed by atoms with E-state index in [1.165, 1.54) is 7.11 Å². The number of amides is 1. The first kappa shape index (κ1) is 26.0. The Labute approximate surface area is 207 Å². The lowest BCUT2D eigenvalue weighted by Gasteiger charge is -2.20. The number of aliphatic hydroxyl groups excluding tert-OH is 1. The second kappa shape index (κ2) is 11.2. The van der Waals surface area contributed by atoms with Crippen molar-refractivity contribution < 1.29 is 24.1 Å². The van der Waals surface area contributed by atoms with Crippen molar-refractivity contribution in [3.05, 3.63) is 76.3 Å². The maximum absolute atomic E-state index is 11.9. The van der Waals surface area contributed by atoms with Crippen LogP contribution in [0.1, 0.15) is 48.6 Å². The lowest BCUT2D eigenvalue weighted by molar-refractivity contribution is 0.0523. The van der Waals surface area contributed by atoms with Crippen LogP contribution in [0.2, 0.25) is 0 Å². The van der Waals surface area contributed by atoms with Gasteiger partial charge in [-0.1, -0.05) is 36.4 Å². The van der Waals surface area contributed by atoms with E-state index in [4.69, 9.17) is 14.2 Å². The third-order valence-corrected chi connectivity index (χ3v) is 5.66. The van der Waals surface area contributed by atoms with Crippen LogP contribution < -0.4 is 14.8 Å². The molecule has 35 heavy (non-hydrogen) atoms. The largest absolute Gasteiger partial charge is 0.481 e. The van der Waals surface area contributed by atoms with Gasteiger partial charge in [0.05, 0.1) is 20.3 Å². The normalized spacial score (nSPS) is 11.2. The highest BCUT2D eigenvalue weighted by Gasteiger charge is 2.17. The van der Waals surface area contributed by atoms with E-state index in [2.05, 4.69) is 29.4 Å². The van der Waals surface area contributed by atoms with Gasteiger partial charge >= 0.3 is 6.09 Å². The summed E-state index contributed by atoms with van der Waals surface area (Å²) in [5, 5.41) is 12.3. The zero-order valence-corrected chi connectivity index (χ0v) is 21.3. The van der Waals surface area contributed by atoms with Crippen molar-refractivity contribution in [2.24, 2.45) is 0 Å². The highest BCUT2D eigenvalue weighted by atomic mass is 16.6. The molecule has 1 heterocycles. The molecule has 1 amide bonds. The zero-order chi connectivity index (χ0) is 25.6. The number of nitrogens with one attached hydrogen (secondary N) is 1. The molecule has 186 valence electrons. The van der Waals surface area contributed by atoms with Gasteiger partial charge in [-0.15, -0.1) is 0 Å². The van der Waals surface area contributed by atoms with Crippen LogP contribution in [0.5, 0.6) is 11.8 Å². The van der Waals surface area contributed by atoms with Crippen molar-refractivity contribution in [1.82, 2.24) is 10.3 Å². The van der Waals surface area contributed by atoms with Crippen LogP contribution in [0.25, 0.3) is 11.1 Å². The van der Waals surface area contributed by atoms with Crippen molar-refractivity contribution in [2.75, 3.05) is 7.11 Å². The van der Waals surface area contributed by atoms with Gasteiger partial charge in [0, 0.05) is 11.6 Å². The van der Waals surface area contributed by atoms with Gasteiger partial charge in [0.15, 0.2) is 0 Å². The Hall–Kier alpha value is -3.58. The number of carbonyl (C=O) groups excluding carboxylic acids is 1.